The van der Waals surface area contributed by atoms with Gasteiger partial charge in [-0.25, -0.2) is 0 Å². The molecule has 1 N–H and O–H groups in total. The van der Waals surface area contributed by atoms with Gasteiger partial charge in [0.2, 0.25) is 5.91 Å². The monoisotopic (exact) mass is 443 g/mol. The van der Waals surface area contributed by atoms with Crippen LogP contribution in [0.4, 0.5) is 24.5 Å². The molecule has 1 heterocycles. The number of carbonyl (C=O) groups excluding carboxylic acids is 1. The topological polar surface area (TPSA) is 78.8 Å². The summed E-state index contributed by atoms with van der Waals surface area (Å²) in [6.07, 6.45) is -4.52. The van der Waals surface area contributed by atoms with E-state index in [1.165, 1.54) is 18.2 Å². The summed E-state index contributed by atoms with van der Waals surface area (Å²) in [6, 6.07) is 10.7. The molecule has 0 bridgehead atoms. The number of amides is 1. The lowest BCUT2D eigenvalue weighted by Crippen LogP contribution is -2.34. The normalized spacial score (nSPS) is 15.4. The van der Waals surface area contributed by atoms with Gasteiger partial charge in [-0.1, -0.05) is 30.0 Å². The lowest BCUT2D eigenvalue weighted by atomic mass is 10.2. The molecule has 154 valence electrons. The largest absolute Gasteiger partial charge is 0.416 e. The maximum absolute atomic E-state index is 12.8. The Hall–Kier alpha value is -2.53. The molecule has 11 heteroatoms. The second-order valence-corrected chi connectivity index (χ2v) is 8.49. The molecule has 1 aliphatic rings. The Balaban J connectivity index is 1.73. The first-order chi connectivity index (χ1) is 13.6. The van der Waals surface area contributed by atoms with E-state index in [1.807, 2.05) is 6.92 Å². The zero-order valence-electron chi connectivity index (χ0n) is 15.1. The average molecular weight is 443 g/mol. The van der Waals surface area contributed by atoms with Crippen LogP contribution in [-0.2, 0) is 21.0 Å². The van der Waals surface area contributed by atoms with Gasteiger partial charge in [0, 0.05) is 12.2 Å². The molecule has 2 aromatic rings. The Morgan fingerprint density at radius 1 is 1.17 bits per heavy atom. The highest BCUT2D eigenvalue weighted by molar-refractivity contribution is 8.15. The number of halogens is 3. The van der Waals surface area contributed by atoms with Crippen molar-refractivity contribution in [2.75, 3.05) is 22.5 Å². The summed E-state index contributed by atoms with van der Waals surface area (Å²) in [6.45, 7) is 2.24. The number of amidine groups is 1. The summed E-state index contributed by atoms with van der Waals surface area (Å²) in [5.41, 5.74) is -0.411. The second kappa shape index (κ2) is 8.07. The summed E-state index contributed by atoms with van der Waals surface area (Å²) in [5, 5.41) is 2.51. The van der Waals surface area contributed by atoms with Crippen LogP contribution in [0.15, 0.2) is 57.8 Å². The van der Waals surface area contributed by atoms with Gasteiger partial charge in [0.25, 0.3) is 10.0 Å². The Morgan fingerprint density at radius 3 is 2.59 bits per heavy atom. The van der Waals surface area contributed by atoms with E-state index in [2.05, 4.69) is 9.71 Å². The van der Waals surface area contributed by atoms with Crippen LogP contribution in [-0.4, -0.2) is 31.8 Å². The van der Waals surface area contributed by atoms with Crippen molar-refractivity contribution in [3.63, 3.8) is 0 Å². The summed E-state index contributed by atoms with van der Waals surface area (Å²) in [5.74, 6) is -0.798. The lowest BCUT2D eigenvalue weighted by Gasteiger charge is -2.29. The molecule has 0 spiro atoms. The molecule has 0 saturated carbocycles. The summed E-state index contributed by atoms with van der Waals surface area (Å²) >= 11 is 0.896. The highest BCUT2D eigenvalue weighted by Crippen LogP contribution is 2.34. The molecule has 2 aromatic carbocycles. The fraction of sp³-hybridized carbons (Fsp3) is 0.222. The highest BCUT2D eigenvalue weighted by Gasteiger charge is 2.31. The number of fused-ring (bicyclic) bond motifs is 1. The lowest BCUT2D eigenvalue weighted by molar-refractivity contribution is -0.137. The van der Waals surface area contributed by atoms with E-state index < -0.39 is 27.7 Å². The van der Waals surface area contributed by atoms with Crippen LogP contribution in [0, 0.1) is 0 Å². The Kier molecular flexibility index (Phi) is 5.90. The van der Waals surface area contributed by atoms with Gasteiger partial charge < -0.3 is 10.2 Å². The molecule has 0 radical (unpaired) electrons. The second-order valence-electron chi connectivity index (χ2n) is 5.98. The molecule has 1 aliphatic heterocycles. The maximum atomic E-state index is 12.8. The fourth-order valence-corrected chi connectivity index (χ4v) is 5.03. The van der Waals surface area contributed by atoms with Gasteiger partial charge in [0.15, 0.2) is 5.17 Å². The minimum Gasteiger partial charge on any atom is -0.325 e. The van der Waals surface area contributed by atoms with Crippen molar-refractivity contribution < 1.29 is 26.4 Å². The molecule has 0 aliphatic carbocycles. The highest BCUT2D eigenvalue weighted by atomic mass is 32.2. The molecule has 0 fully saturated rings. The summed E-state index contributed by atoms with van der Waals surface area (Å²) < 4.78 is 66.9. The predicted molar refractivity (Wildman–Crippen MR) is 107 cm³/mol. The Morgan fingerprint density at radius 2 is 1.90 bits per heavy atom. The fourth-order valence-electron chi connectivity index (χ4n) is 2.71. The van der Waals surface area contributed by atoms with Crippen LogP contribution in [0.5, 0.6) is 0 Å². The SMILES string of the molecule is CCN1C(SCC(=O)Nc2cccc(C(F)(F)F)c2)=NS(=O)(=O)c2ccccc21. The number of alkyl halides is 3. The van der Waals surface area contributed by atoms with Crippen molar-refractivity contribution in [2.24, 2.45) is 4.40 Å². The minimum atomic E-state index is -4.52. The molecule has 0 aromatic heterocycles. The number of nitrogens with one attached hydrogen (secondary N) is 1. The van der Waals surface area contributed by atoms with Gasteiger partial charge in [-0.15, -0.1) is 4.40 Å². The number of para-hydroxylation sites is 1. The van der Waals surface area contributed by atoms with Crippen LogP contribution in [0.25, 0.3) is 0 Å². The van der Waals surface area contributed by atoms with Crippen molar-refractivity contribution in [2.45, 2.75) is 18.0 Å². The van der Waals surface area contributed by atoms with E-state index in [0.29, 0.717) is 12.2 Å². The first kappa shape index (κ1) is 21.2. The molecule has 3 rings (SSSR count). The molecule has 0 atom stereocenters. The third-order valence-electron chi connectivity index (χ3n) is 3.99. The molecule has 0 saturated heterocycles. The van der Waals surface area contributed by atoms with E-state index in [0.717, 1.165) is 23.9 Å². The summed E-state index contributed by atoms with van der Waals surface area (Å²) in [4.78, 5) is 13.9. The number of anilines is 2. The number of nitrogens with zero attached hydrogens (tertiary/aromatic N) is 2. The molecule has 0 unspecified atom stereocenters. The minimum absolute atomic E-state index is 0.00122. The Bertz CT molecular complexity index is 1070. The Labute approximate surface area is 169 Å². The van der Waals surface area contributed by atoms with Gasteiger partial charge >= 0.3 is 6.18 Å². The van der Waals surface area contributed by atoms with Crippen molar-refractivity contribution >= 4 is 44.2 Å². The number of benzene rings is 2. The van der Waals surface area contributed by atoms with Crippen molar-refractivity contribution in [3.8, 4) is 0 Å². The van der Waals surface area contributed by atoms with Crippen molar-refractivity contribution in [1.29, 1.82) is 0 Å². The van der Waals surface area contributed by atoms with E-state index in [4.69, 9.17) is 0 Å². The first-order valence-electron chi connectivity index (χ1n) is 8.43. The van der Waals surface area contributed by atoms with Crippen LogP contribution in [0.2, 0.25) is 0 Å². The predicted octanol–water partition coefficient (Wildman–Crippen LogP) is 3.96. The van der Waals surface area contributed by atoms with Gasteiger partial charge in [-0.2, -0.15) is 21.6 Å². The van der Waals surface area contributed by atoms with Crippen molar-refractivity contribution in [3.05, 3.63) is 54.1 Å². The zero-order chi connectivity index (χ0) is 21.2. The van der Waals surface area contributed by atoms with E-state index in [1.54, 1.807) is 23.1 Å². The van der Waals surface area contributed by atoms with E-state index in [-0.39, 0.29) is 21.5 Å². The van der Waals surface area contributed by atoms with Gasteiger partial charge in [-0.05, 0) is 37.3 Å². The van der Waals surface area contributed by atoms with Crippen LogP contribution >= 0.6 is 11.8 Å². The number of thioether (sulfide) groups is 1. The maximum Gasteiger partial charge on any atom is 0.416 e. The van der Waals surface area contributed by atoms with Crippen LogP contribution < -0.4 is 10.2 Å². The quantitative estimate of drug-likeness (QED) is 0.774. The molecular weight excluding hydrogens is 427 g/mol. The van der Waals surface area contributed by atoms with Gasteiger partial charge in [0.05, 0.1) is 17.0 Å². The van der Waals surface area contributed by atoms with Crippen LogP contribution in [0.3, 0.4) is 0 Å². The van der Waals surface area contributed by atoms with E-state index in [9.17, 15) is 26.4 Å². The molecule has 29 heavy (non-hydrogen) atoms. The average Bonchev–Trinajstić information content (AvgIpc) is 2.66. The summed E-state index contributed by atoms with van der Waals surface area (Å²) in [7, 11) is -3.89. The third-order valence-corrected chi connectivity index (χ3v) is 6.39. The number of sulfonamides is 1. The molecular formula is C18H16F3N3O3S2. The standard InChI is InChI=1S/C18H16F3N3O3S2/c1-2-24-14-8-3-4-9-15(14)29(26,27)23-17(24)28-11-16(25)22-13-7-5-6-12(10-13)18(19,20)21/h3-10H,2,11H2,1H3,(H,22,25). The number of hydrogen-bond donors (Lipinski definition) is 1. The number of hydrogen-bond acceptors (Lipinski definition) is 5. The smallest absolute Gasteiger partial charge is 0.325 e. The third kappa shape index (κ3) is 4.73. The van der Waals surface area contributed by atoms with Gasteiger partial charge in [0.1, 0.15) is 4.90 Å². The zero-order valence-corrected chi connectivity index (χ0v) is 16.7. The first-order valence-corrected chi connectivity index (χ1v) is 10.9. The van der Waals surface area contributed by atoms with Crippen molar-refractivity contribution in [1.82, 2.24) is 0 Å². The van der Waals surface area contributed by atoms with E-state index >= 15 is 0 Å². The van der Waals surface area contributed by atoms with Crippen LogP contribution in [0.1, 0.15) is 12.5 Å². The molecule has 1 amide bonds. The molecule has 6 nitrogen and oxygen atoms in total. The van der Waals surface area contributed by atoms with Gasteiger partial charge in [-0.3, -0.25) is 4.79 Å². The number of rotatable bonds is 4. The number of carbonyl (C=O) groups is 1.